The van der Waals surface area contributed by atoms with Crippen LogP contribution in [0.25, 0.3) is 11.4 Å². The lowest BCUT2D eigenvalue weighted by Crippen LogP contribution is -2.27. The van der Waals surface area contributed by atoms with Crippen LogP contribution in [0.4, 0.5) is 0 Å². The zero-order chi connectivity index (χ0) is 19.6. The summed E-state index contributed by atoms with van der Waals surface area (Å²) in [6.45, 7) is -0.0583. The molecule has 0 aliphatic heterocycles. The van der Waals surface area contributed by atoms with Crippen molar-refractivity contribution in [2.75, 3.05) is 7.05 Å². The van der Waals surface area contributed by atoms with E-state index in [4.69, 9.17) is 39.3 Å². The third-order valence-electron chi connectivity index (χ3n) is 3.72. The number of hydrogen-bond acceptors (Lipinski definition) is 5. The first-order valence-corrected chi connectivity index (χ1v) is 10.5. The van der Waals surface area contributed by atoms with Gasteiger partial charge in [-0.15, -0.1) is 0 Å². The van der Waals surface area contributed by atoms with E-state index < -0.39 is 10.0 Å². The van der Waals surface area contributed by atoms with Gasteiger partial charge in [-0.25, -0.2) is 8.42 Å². The molecule has 0 aliphatic rings. The average molecular weight is 447 g/mol. The molecule has 10 heteroatoms. The van der Waals surface area contributed by atoms with Crippen LogP contribution in [0.15, 0.2) is 47.0 Å². The Hall–Kier alpha value is -1.64. The molecule has 0 N–H and O–H groups in total. The van der Waals surface area contributed by atoms with Crippen molar-refractivity contribution < 1.29 is 12.9 Å². The Kier molecular flexibility index (Phi) is 6.08. The number of aromatic nitrogens is 2. The molecule has 0 spiro atoms. The van der Waals surface area contributed by atoms with Gasteiger partial charge in [-0.3, -0.25) is 0 Å². The first kappa shape index (κ1) is 20.1. The van der Waals surface area contributed by atoms with Gasteiger partial charge in [0.1, 0.15) is 0 Å². The predicted octanol–water partition coefficient (Wildman–Crippen LogP) is 4.66. The van der Waals surface area contributed by atoms with E-state index in [2.05, 4.69) is 10.1 Å². The molecule has 0 radical (unpaired) electrons. The van der Waals surface area contributed by atoms with Crippen molar-refractivity contribution in [3.8, 4) is 11.4 Å². The molecule has 3 rings (SSSR count). The fourth-order valence-corrected chi connectivity index (χ4v) is 3.94. The van der Waals surface area contributed by atoms with E-state index in [1.54, 1.807) is 36.4 Å². The van der Waals surface area contributed by atoms with E-state index in [0.717, 1.165) is 4.31 Å². The van der Waals surface area contributed by atoms with Crippen molar-refractivity contribution in [3.05, 3.63) is 69.0 Å². The summed E-state index contributed by atoms with van der Waals surface area (Å²) in [5.74, 6) is 0.281. The maximum Gasteiger partial charge on any atom is 0.242 e. The zero-order valence-corrected chi connectivity index (χ0v) is 17.1. The van der Waals surface area contributed by atoms with Crippen LogP contribution in [-0.4, -0.2) is 29.9 Å². The van der Waals surface area contributed by atoms with E-state index in [9.17, 15) is 8.42 Å². The van der Waals surface area contributed by atoms with E-state index in [1.807, 2.05) is 0 Å². The van der Waals surface area contributed by atoms with Crippen LogP contribution < -0.4 is 0 Å². The lowest BCUT2D eigenvalue weighted by Gasteiger charge is -2.15. The van der Waals surface area contributed by atoms with Gasteiger partial charge in [0, 0.05) is 17.6 Å². The topological polar surface area (TPSA) is 76.3 Å². The number of nitrogens with zero attached hydrogens (tertiary/aromatic N) is 3. The van der Waals surface area contributed by atoms with Crippen LogP contribution in [0.5, 0.6) is 0 Å². The fraction of sp³-hybridized carbons (Fsp3) is 0.176. The highest BCUT2D eigenvalue weighted by molar-refractivity contribution is 7.88. The van der Waals surface area contributed by atoms with Crippen molar-refractivity contribution in [1.82, 2.24) is 14.4 Å². The quantitative estimate of drug-likeness (QED) is 0.550. The van der Waals surface area contributed by atoms with Gasteiger partial charge in [0.2, 0.25) is 21.7 Å². The van der Waals surface area contributed by atoms with E-state index in [1.165, 1.54) is 13.1 Å². The number of benzene rings is 2. The summed E-state index contributed by atoms with van der Waals surface area (Å²) in [5, 5.41) is 5.08. The highest BCUT2D eigenvalue weighted by Gasteiger charge is 2.22. The first-order chi connectivity index (χ1) is 12.7. The van der Waals surface area contributed by atoms with E-state index >= 15 is 0 Å². The molecule has 0 atom stereocenters. The Morgan fingerprint density at radius 3 is 2.56 bits per heavy atom. The van der Waals surface area contributed by atoms with Crippen LogP contribution in [0.3, 0.4) is 0 Å². The van der Waals surface area contributed by atoms with Gasteiger partial charge in [-0.1, -0.05) is 58.2 Å². The van der Waals surface area contributed by atoms with E-state index in [0.29, 0.717) is 32.0 Å². The Morgan fingerprint density at radius 2 is 1.85 bits per heavy atom. The van der Waals surface area contributed by atoms with Crippen LogP contribution in [0.1, 0.15) is 11.5 Å². The van der Waals surface area contributed by atoms with Crippen LogP contribution in [0, 0.1) is 0 Å². The molecule has 0 bridgehead atoms. The number of sulfonamides is 1. The molecule has 3 aromatic rings. The molecule has 27 heavy (non-hydrogen) atoms. The molecule has 1 heterocycles. The minimum atomic E-state index is -3.62. The summed E-state index contributed by atoms with van der Waals surface area (Å²) >= 11 is 17.7. The molecule has 0 amide bonds. The third kappa shape index (κ3) is 5.00. The SMILES string of the molecule is CN(Cc1nc(-c2cccc(Cl)c2)no1)S(=O)(=O)Cc1ccc(Cl)c(Cl)c1. The first-order valence-electron chi connectivity index (χ1n) is 7.71. The zero-order valence-electron chi connectivity index (χ0n) is 14.1. The summed E-state index contributed by atoms with van der Waals surface area (Å²) in [6, 6.07) is 11.7. The van der Waals surface area contributed by atoms with Crippen molar-refractivity contribution in [2.24, 2.45) is 0 Å². The summed E-state index contributed by atoms with van der Waals surface area (Å²) < 4.78 is 31.4. The van der Waals surface area contributed by atoms with Gasteiger partial charge in [0.05, 0.1) is 22.3 Å². The minimum Gasteiger partial charge on any atom is -0.338 e. The monoisotopic (exact) mass is 445 g/mol. The van der Waals surface area contributed by atoms with E-state index in [-0.39, 0.29) is 18.2 Å². The number of rotatable bonds is 6. The number of hydrogen-bond donors (Lipinski definition) is 0. The summed E-state index contributed by atoms with van der Waals surface area (Å²) in [5.41, 5.74) is 1.21. The lowest BCUT2D eigenvalue weighted by molar-refractivity contribution is 0.336. The standard InChI is InChI=1S/C17H14Cl3N3O3S/c1-23(27(24,25)10-11-5-6-14(19)15(20)7-11)9-16-21-17(22-26-16)12-3-2-4-13(18)8-12/h2-8H,9-10H2,1H3. The number of halogens is 3. The molecular formula is C17H14Cl3N3O3S. The molecule has 0 saturated heterocycles. The second-order valence-corrected chi connectivity index (χ2v) is 9.11. The molecule has 0 saturated carbocycles. The highest BCUT2D eigenvalue weighted by Crippen LogP contribution is 2.24. The maximum absolute atomic E-state index is 12.6. The van der Waals surface area contributed by atoms with Crippen molar-refractivity contribution in [3.63, 3.8) is 0 Å². The van der Waals surface area contributed by atoms with Gasteiger partial charge in [0.15, 0.2) is 0 Å². The smallest absolute Gasteiger partial charge is 0.242 e. The third-order valence-corrected chi connectivity index (χ3v) is 6.47. The van der Waals surface area contributed by atoms with Gasteiger partial charge >= 0.3 is 0 Å². The largest absolute Gasteiger partial charge is 0.338 e. The second-order valence-electron chi connectivity index (χ2n) is 5.78. The summed E-state index contributed by atoms with van der Waals surface area (Å²) in [7, 11) is -2.18. The van der Waals surface area contributed by atoms with Gasteiger partial charge in [0.25, 0.3) is 0 Å². The predicted molar refractivity (Wildman–Crippen MR) is 105 cm³/mol. The molecule has 0 fully saturated rings. The average Bonchev–Trinajstić information content (AvgIpc) is 3.06. The molecule has 0 aliphatic carbocycles. The molecule has 6 nitrogen and oxygen atoms in total. The molecule has 142 valence electrons. The molecule has 1 aromatic heterocycles. The fourth-order valence-electron chi connectivity index (χ4n) is 2.30. The van der Waals surface area contributed by atoms with Crippen LogP contribution in [-0.2, 0) is 22.3 Å². The Balaban J connectivity index is 1.72. The molecule has 2 aromatic carbocycles. The maximum atomic E-state index is 12.6. The minimum absolute atomic E-state index is 0.0583. The van der Waals surface area contributed by atoms with Gasteiger partial charge in [-0.2, -0.15) is 9.29 Å². The van der Waals surface area contributed by atoms with Crippen LogP contribution in [0.2, 0.25) is 15.1 Å². The molecular weight excluding hydrogens is 433 g/mol. The highest BCUT2D eigenvalue weighted by atomic mass is 35.5. The van der Waals surface area contributed by atoms with Gasteiger partial charge < -0.3 is 4.52 Å². The summed E-state index contributed by atoms with van der Waals surface area (Å²) in [6.07, 6.45) is 0. The van der Waals surface area contributed by atoms with Crippen molar-refractivity contribution in [1.29, 1.82) is 0 Å². The Morgan fingerprint density at radius 1 is 1.07 bits per heavy atom. The Labute approximate surface area is 171 Å². The molecule has 0 unspecified atom stereocenters. The Bertz CT molecular complexity index is 1070. The normalized spacial score (nSPS) is 11.9. The van der Waals surface area contributed by atoms with Crippen molar-refractivity contribution in [2.45, 2.75) is 12.3 Å². The van der Waals surface area contributed by atoms with Gasteiger partial charge in [-0.05, 0) is 29.8 Å². The van der Waals surface area contributed by atoms with Crippen molar-refractivity contribution >= 4 is 44.8 Å². The lowest BCUT2D eigenvalue weighted by atomic mass is 10.2. The summed E-state index contributed by atoms with van der Waals surface area (Å²) in [4.78, 5) is 4.23. The second kappa shape index (κ2) is 8.16. The van der Waals surface area contributed by atoms with Crippen LogP contribution >= 0.6 is 34.8 Å².